The Morgan fingerprint density at radius 2 is 1.55 bits per heavy atom. The molecule has 0 bridgehead atoms. The van der Waals surface area contributed by atoms with Crippen molar-refractivity contribution in [3.05, 3.63) is 54.1 Å². The Kier molecular flexibility index (Phi) is 4.45. The van der Waals surface area contributed by atoms with Crippen molar-refractivity contribution < 1.29 is 0 Å². The number of fused-ring (bicyclic) bond motifs is 2. The van der Waals surface area contributed by atoms with Crippen molar-refractivity contribution in [2.24, 2.45) is 0 Å². The van der Waals surface area contributed by atoms with Gasteiger partial charge in [-0.25, -0.2) is 4.98 Å². The summed E-state index contributed by atoms with van der Waals surface area (Å²) in [5, 5.41) is 2.57. The van der Waals surface area contributed by atoms with Gasteiger partial charge in [0.2, 0.25) is 0 Å². The van der Waals surface area contributed by atoms with Crippen molar-refractivity contribution in [3.63, 3.8) is 0 Å². The second kappa shape index (κ2) is 6.34. The third-order valence-electron chi connectivity index (χ3n) is 4.33. The maximum atomic E-state index is 4.84. The van der Waals surface area contributed by atoms with Gasteiger partial charge in [0.05, 0.1) is 11.0 Å². The van der Waals surface area contributed by atoms with Gasteiger partial charge in [-0.3, -0.25) is 0 Å². The van der Waals surface area contributed by atoms with Crippen LogP contribution in [0.25, 0.3) is 21.8 Å². The Bertz CT molecular complexity index is 784. The second-order valence-electron chi connectivity index (χ2n) is 6.52. The molecule has 0 fully saturated rings. The Labute approximate surface area is 134 Å². The molecule has 3 rings (SSSR count). The third-order valence-corrected chi connectivity index (χ3v) is 7.69. The van der Waals surface area contributed by atoms with Crippen molar-refractivity contribution in [2.45, 2.75) is 45.2 Å². The van der Waals surface area contributed by atoms with Gasteiger partial charge in [-0.1, -0.05) is 65.9 Å². The molecule has 1 aromatic heterocycles. The van der Waals surface area contributed by atoms with Crippen LogP contribution >= 0.6 is 7.92 Å². The summed E-state index contributed by atoms with van der Waals surface area (Å²) in [6, 6.07) is 17.3. The Morgan fingerprint density at radius 1 is 0.864 bits per heavy atom. The van der Waals surface area contributed by atoms with E-state index in [0.29, 0.717) is 0 Å². The van der Waals surface area contributed by atoms with Crippen molar-refractivity contribution in [1.29, 1.82) is 0 Å². The van der Waals surface area contributed by atoms with Gasteiger partial charge in [0, 0.05) is 10.8 Å². The minimum Gasteiger partial charge on any atom is -0.248 e. The standard InChI is InChI=1S/C20H24NP/c1-14(2)22(15(3)4)13-17-9-7-11-20-18(17)12-16-8-5-6-10-19(16)21-20/h5-12,14-15H,13H2,1-4H3. The average molecular weight is 309 g/mol. The molecule has 0 radical (unpaired) electrons. The maximum absolute atomic E-state index is 4.84. The number of nitrogens with zero attached hydrogens (tertiary/aromatic N) is 1. The topological polar surface area (TPSA) is 12.9 Å². The van der Waals surface area contributed by atoms with Crippen LogP contribution in [-0.2, 0) is 6.16 Å². The fourth-order valence-electron chi connectivity index (χ4n) is 3.16. The van der Waals surface area contributed by atoms with Crippen LogP contribution in [0.2, 0.25) is 0 Å². The van der Waals surface area contributed by atoms with Crippen LogP contribution in [0.3, 0.4) is 0 Å². The van der Waals surface area contributed by atoms with E-state index in [1.54, 1.807) is 0 Å². The lowest BCUT2D eigenvalue weighted by Crippen LogP contribution is -2.05. The first-order chi connectivity index (χ1) is 10.6. The number of hydrogen-bond donors (Lipinski definition) is 0. The maximum Gasteiger partial charge on any atom is 0.0712 e. The van der Waals surface area contributed by atoms with E-state index in [9.17, 15) is 0 Å². The molecule has 0 unspecified atom stereocenters. The van der Waals surface area contributed by atoms with E-state index in [2.05, 4.69) is 76.2 Å². The summed E-state index contributed by atoms with van der Waals surface area (Å²) in [5.41, 5.74) is 5.20. The van der Waals surface area contributed by atoms with E-state index >= 15 is 0 Å². The zero-order valence-corrected chi connectivity index (χ0v) is 14.8. The van der Waals surface area contributed by atoms with Crippen LogP contribution in [0.4, 0.5) is 0 Å². The van der Waals surface area contributed by atoms with Crippen molar-refractivity contribution in [1.82, 2.24) is 4.98 Å². The normalized spacial score (nSPS) is 12.1. The zero-order chi connectivity index (χ0) is 15.7. The molecule has 0 aliphatic heterocycles. The molecule has 0 aliphatic carbocycles. The van der Waals surface area contributed by atoms with Crippen molar-refractivity contribution in [2.75, 3.05) is 0 Å². The Hall–Kier alpha value is -1.46. The van der Waals surface area contributed by atoms with Crippen molar-refractivity contribution in [3.8, 4) is 0 Å². The summed E-state index contributed by atoms with van der Waals surface area (Å²) in [5.74, 6) is 0. The highest BCUT2D eigenvalue weighted by molar-refractivity contribution is 7.58. The van der Waals surface area contributed by atoms with Crippen molar-refractivity contribution >= 4 is 29.7 Å². The molecule has 2 heteroatoms. The van der Waals surface area contributed by atoms with E-state index in [1.165, 1.54) is 22.5 Å². The fraction of sp³-hybridized carbons (Fsp3) is 0.350. The molecule has 1 nitrogen and oxygen atoms in total. The van der Waals surface area contributed by atoms with Gasteiger partial charge in [0.1, 0.15) is 0 Å². The summed E-state index contributed by atoms with van der Waals surface area (Å²) >= 11 is 0. The van der Waals surface area contributed by atoms with E-state index in [1.807, 2.05) is 0 Å². The fourth-order valence-corrected chi connectivity index (χ4v) is 5.75. The monoisotopic (exact) mass is 309 g/mol. The van der Waals surface area contributed by atoms with Gasteiger partial charge in [-0.15, -0.1) is 0 Å². The lowest BCUT2D eigenvalue weighted by atomic mass is 10.1. The lowest BCUT2D eigenvalue weighted by Gasteiger charge is -2.26. The highest BCUT2D eigenvalue weighted by Gasteiger charge is 2.18. The predicted molar refractivity (Wildman–Crippen MR) is 100 cm³/mol. The summed E-state index contributed by atoms with van der Waals surface area (Å²) < 4.78 is 0. The number of rotatable bonds is 4. The SMILES string of the molecule is CC(C)P(Cc1cccc2nc3ccccc3cc12)C(C)C. The number of benzene rings is 2. The molecule has 0 spiro atoms. The molecule has 0 N–H and O–H groups in total. The van der Waals surface area contributed by atoms with Gasteiger partial charge in [0.25, 0.3) is 0 Å². The van der Waals surface area contributed by atoms with E-state index in [0.717, 1.165) is 22.4 Å². The van der Waals surface area contributed by atoms with Gasteiger partial charge in [0.15, 0.2) is 0 Å². The Balaban J connectivity index is 2.11. The first-order valence-corrected chi connectivity index (χ1v) is 9.76. The number of pyridine rings is 1. The molecule has 0 aliphatic rings. The highest BCUT2D eigenvalue weighted by Crippen LogP contribution is 2.49. The van der Waals surface area contributed by atoms with Crippen LogP contribution in [0.15, 0.2) is 48.5 Å². The van der Waals surface area contributed by atoms with Gasteiger partial charge in [-0.05, 0) is 41.2 Å². The van der Waals surface area contributed by atoms with Crippen LogP contribution in [0.1, 0.15) is 33.3 Å². The summed E-state index contributed by atoms with van der Waals surface area (Å²) in [7, 11) is 0.000876. The lowest BCUT2D eigenvalue weighted by molar-refractivity contribution is 0.997. The molecular weight excluding hydrogens is 285 g/mol. The average Bonchev–Trinajstić information content (AvgIpc) is 2.50. The number of aromatic nitrogens is 1. The summed E-state index contributed by atoms with van der Waals surface area (Å²) in [6.07, 6.45) is 1.20. The highest BCUT2D eigenvalue weighted by atomic mass is 31.1. The van der Waals surface area contributed by atoms with E-state index < -0.39 is 0 Å². The molecule has 114 valence electrons. The van der Waals surface area contributed by atoms with Gasteiger partial charge in [-0.2, -0.15) is 0 Å². The largest absolute Gasteiger partial charge is 0.248 e. The first-order valence-electron chi connectivity index (χ1n) is 8.09. The molecule has 22 heavy (non-hydrogen) atoms. The molecule has 0 amide bonds. The van der Waals surface area contributed by atoms with Crippen LogP contribution < -0.4 is 0 Å². The van der Waals surface area contributed by atoms with E-state index in [-0.39, 0.29) is 7.92 Å². The molecule has 1 heterocycles. The minimum absolute atomic E-state index is 0.000876. The van der Waals surface area contributed by atoms with Crippen LogP contribution in [0, 0.1) is 0 Å². The van der Waals surface area contributed by atoms with Gasteiger partial charge < -0.3 is 0 Å². The summed E-state index contributed by atoms with van der Waals surface area (Å²) in [6.45, 7) is 9.46. The molecule has 0 saturated heterocycles. The molecule has 3 aromatic rings. The predicted octanol–water partition coefficient (Wildman–Crippen LogP) is 6.19. The second-order valence-corrected chi connectivity index (χ2v) is 9.93. The number of para-hydroxylation sites is 1. The summed E-state index contributed by atoms with van der Waals surface area (Å²) in [4.78, 5) is 4.84. The van der Waals surface area contributed by atoms with Crippen LogP contribution in [0.5, 0.6) is 0 Å². The minimum atomic E-state index is 0.000876. The smallest absolute Gasteiger partial charge is 0.0712 e. The molecule has 0 saturated carbocycles. The first kappa shape index (κ1) is 15.4. The quantitative estimate of drug-likeness (QED) is 0.414. The van der Waals surface area contributed by atoms with Gasteiger partial charge >= 0.3 is 0 Å². The number of hydrogen-bond acceptors (Lipinski definition) is 1. The molecule has 2 aromatic carbocycles. The zero-order valence-electron chi connectivity index (χ0n) is 13.9. The Morgan fingerprint density at radius 3 is 2.27 bits per heavy atom. The van der Waals surface area contributed by atoms with Crippen LogP contribution in [-0.4, -0.2) is 16.3 Å². The third kappa shape index (κ3) is 3.01. The van der Waals surface area contributed by atoms with E-state index in [4.69, 9.17) is 4.98 Å². The molecule has 0 atom stereocenters. The molecular formula is C20H24NP.